The highest BCUT2D eigenvalue weighted by molar-refractivity contribution is 5.79. The van der Waals surface area contributed by atoms with Gasteiger partial charge in [0, 0.05) is 57.6 Å². The Kier molecular flexibility index (Phi) is 5.69. The molecule has 1 saturated carbocycles. The van der Waals surface area contributed by atoms with E-state index in [1.807, 2.05) is 12.4 Å². The van der Waals surface area contributed by atoms with E-state index < -0.39 is 0 Å². The zero-order valence-electron chi connectivity index (χ0n) is 17.5. The summed E-state index contributed by atoms with van der Waals surface area (Å²) in [6.07, 6.45) is 13.4. The summed E-state index contributed by atoms with van der Waals surface area (Å²) in [6.45, 7) is 8.22. The van der Waals surface area contributed by atoms with Crippen molar-refractivity contribution in [1.29, 1.82) is 0 Å². The van der Waals surface area contributed by atoms with Crippen LogP contribution in [0.1, 0.15) is 31.2 Å². The Labute approximate surface area is 174 Å². The van der Waals surface area contributed by atoms with Crippen molar-refractivity contribution >= 4 is 5.91 Å². The summed E-state index contributed by atoms with van der Waals surface area (Å²) in [5.74, 6) is 3.19. The quantitative estimate of drug-likeness (QED) is 0.720. The molecule has 3 heterocycles. The van der Waals surface area contributed by atoms with Crippen molar-refractivity contribution < 1.29 is 4.79 Å². The van der Waals surface area contributed by atoms with Crippen LogP contribution < -0.4 is 0 Å². The Morgan fingerprint density at radius 2 is 1.69 bits per heavy atom. The number of fused-ring (bicyclic) bond motifs is 2. The van der Waals surface area contributed by atoms with Gasteiger partial charge >= 0.3 is 0 Å². The lowest BCUT2D eigenvalue weighted by Gasteiger charge is -2.39. The first-order valence-electron chi connectivity index (χ1n) is 11.6. The van der Waals surface area contributed by atoms with Gasteiger partial charge in [-0.25, -0.2) is 0 Å². The highest BCUT2D eigenvalue weighted by Crippen LogP contribution is 2.43. The molecule has 1 aromatic rings. The van der Waals surface area contributed by atoms with Crippen LogP contribution in [-0.2, 0) is 11.3 Å². The Morgan fingerprint density at radius 1 is 0.931 bits per heavy atom. The first kappa shape index (κ1) is 19.3. The van der Waals surface area contributed by atoms with Gasteiger partial charge in [-0.15, -0.1) is 0 Å². The smallest absolute Gasteiger partial charge is 0.225 e. The first-order valence-corrected chi connectivity index (χ1v) is 11.6. The lowest BCUT2D eigenvalue weighted by Crippen LogP contribution is -2.52. The van der Waals surface area contributed by atoms with Crippen LogP contribution in [0.25, 0.3) is 0 Å². The average Bonchev–Trinajstić information content (AvgIpc) is 3.38. The van der Waals surface area contributed by atoms with Crippen LogP contribution in [0.2, 0.25) is 0 Å². The predicted molar refractivity (Wildman–Crippen MR) is 114 cm³/mol. The molecule has 1 aromatic heterocycles. The number of amides is 1. The van der Waals surface area contributed by atoms with Gasteiger partial charge in [0.15, 0.2) is 0 Å². The lowest BCUT2D eigenvalue weighted by atomic mass is 9.92. The normalized spacial score (nSPS) is 30.9. The minimum atomic E-state index is 0.228. The van der Waals surface area contributed by atoms with E-state index in [1.165, 1.54) is 24.9 Å². The third-order valence-electron chi connectivity index (χ3n) is 7.69. The van der Waals surface area contributed by atoms with Crippen molar-refractivity contribution in [3.05, 3.63) is 42.2 Å². The Bertz CT molecular complexity index is 720. The van der Waals surface area contributed by atoms with Crippen molar-refractivity contribution in [3.8, 4) is 0 Å². The third-order valence-corrected chi connectivity index (χ3v) is 7.69. The van der Waals surface area contributed by atoms with Gasteiger partial charge in [-0.1, -0.05) is 12.2 Å². The molecule has 2 aliphatic carbocycles. The highest BCUT2D eigenvalue weighted by atomic mass is 16.2. The fourth-order valence-electron chi connectivity index (χ4n) is 5.93. The fraction of sp³-hybridized carbons (Fsp3) is 0.667. The molecule has 29 heavy (non-hydrogen) atoms. The molecule has 156 valence electrons. The van der Waals surface area contributed by atoms with Gasteiger partial charge in [-0.3, -0.25) is 19.6 Å². The van der Waals surface area contributed by atoms with Gasteiger partial charge < -0.3 is 4.90 Å². The van der Waals surface area contributed by atoms with Crippen LogP contribution in [0.5, 0.6) is 0 Å². The van der Waals surface area contributed by atoms with E-state index in [-0.39, 0.29) is 5.92 Å². The monoisotopic (exact) mass is 394 g/mol. The summed E-state index contributed by atoms with van der Waals surface area (Å²) in [5, 5.41) is 0. The highest BCUT2D eigenvalue weighted by Gasteiger charge is 2.37. The van der Waals surface area contributed by atoms with Gasteiger partial charge in [-0.2, -0.15) is 0 Å². The maximum atomic E-state index is 13.0. The van der Waals surface area contributed by atoms with E-state index in [0.717, 1.165) is 76.4 Å². The van der Waals surface area contributed by atoms with Crippen LogP contribution in [0.3, 0.4) is 0 Å². The van der Waals surface area contributed by atoms with E-state index in [1.54, 1.807) is 0 Å². The van der Waals surface area contributed by atoms with Gasteiger partial charge in [0.2, 0.25) is 5.91 Å². The first-order chi connectivity index (χ1) is 14.2. The average molecular weight is 395 g/mol. The second-order valence-electron chi connectivity index (χ2n) is 9.57. The van der Waals surface area contributed by atoms with Gasteiger partial charge in [0.25, 0.3) is 0 Å². The van der Waals surface area contributed by atoms with Crippen LogP contribution in [0.4, 0.5) is 0 Å². The maximum absolute atomic E-state index is 13.0. The summed E-state index contributed by atoms with van der Waals surface area (Å²) in [7, 11) is 0. The molecule has 1 amide bonds. The molecule has 0 aromatic carbocycles. The number of aromatic nitrogens is 1. The van der Waals surface area contributed by atoms with E-state index in [2.05, 4.69) is 44.0 Å². The van der Waals surface area contributed by atoms with E-state index >= 15 is 0 Å². The Hall–Kier alpha value is -1.72. The van der Waals surface area contributed by atoms with Gasteiger partial charge in [0.1, 0.15) is 0 Å². The Morgan fingerprint density at radius 3 is 2.34 bits per heavy atom. The SMILES string of the molecule is O=C(C1CCN(Cc2ccncc2)CC1)N1CCN(CC2CC3C=CC2C3)CC1. The minimum Gasteiger partial charge on any atom is -0.340 e. The molecule has 3 atom stereocenters. The molecule has 2 aliphatic heterocycles. The van der Waals surface area contributed by atoms with E-state index in [0.29, 0.717) is 5.91 Å². The number of hydrogen-bond donors (Lipinski definition) is 0. The number of piperazine rings is 1. The number of nitrogens with zero attached hydrogens (tertiary/aromatic N) is 4. The molecule has 2 bridgehead atoms. The standard InChI is InChI=1S/C24H34N4O/c29-24(21-5-9-26(10-6-21)17-19-3-7-25-8-4-19)28-13-11-27(12-14-28)18-23-16-20-1-2-22(23)15-20/h1-4,7-8,20-23H,5-6,9-18H2. The number of allylic oxidation sites excluding steroid dienone is 2. The second-order valence-corrected chi connectivity index (χ2v) is 9.57. The number of rotatable bonds is 5. The fourth-order valence-corrected chi connectivity index (χ4v) is 5.93. The molecule has 0 radical (unpaired) electrons. The zero-order chi connectivity index (χ0) is 19.6. The van der Waals surface area contributed by atoms with E-state index in [9.17, 15) is 4.79 Å². The second kappa shape index (κ2) is 8.57. The molecular weight excluding hydrogens is 360 g/mol. The number of hydrogen-bond acceptors (Lipinski definition) is 4. The Balaban J connectivity index is 1.04. The molecule has 3 unspecified atom stereocenters. The van der Waals surface area contributed by atoms with Crippen LogP contribution in [-0.4, -0.2) is 71.4 Å². The van der Waals surface area contributed by atoms with Crippen molar-refractivity contribution in [2.75, 3.05) is 45.8 Å². The van der Waals surface area contributed by atoms with Crippen LogP contribution in [0, 0.1) is 23.7 Å². The van der Waals surface area contributed by atoms with Crippen molar-refractivity contribution in [2.45, 2.75) is 32.2 Å². The number of piperidine rings is 1. The molecule has 5 nitrogen and oxygen atoms in total. The van der Waals surface area contributed by atoms with Crippen LogP contribution in [0.15, 0.2) is 36.7 Å². The topological polar surface area (TPSA) is 39.7 Å². The summed E-state index contributed by atoms with van der Waals surface area (Å²) in [5.41, 5.74) is 1.31. The summed E-state index contributed by atoms with van der Waals surface area (Å²) >= 11 is 0. The zero-order valence-corrected chi connectivity index (χ0v) is 17.5. The number of pyridine rings is 1. The molecule has 4 aliphatic rings. The van der Waals surface area contributed by atoms with Crippen LogP contribution >= 0.6 is 0 Å². The molecular formula is C24H34N4O. The van der Waals surface area contributed by atoms with Gasteiger partial charge in [0.05, 0.1) is 0 Å². The summed E-state index contributed by atoms with van der Waals surface area (Å²) in [4.78, 5) is 24.4. The van der Waals surface area contributed by atoms with Gasteiger partial charge in [-0.05, 0) is 74.2 Å². The molecule has 2 saturated heterocycles. The number of likely N-dealkylation sites (tertiary alicyclic amines) is 1. The number of carbonyl (C=O) groups excluding carboxylic acids is 1. The summed E-state index contributed by atoms with van der Waals surface area (Å²) in [6, 6.07) is 4.17. The maximum Gasteiger partial charge on any atom is 0.225 e. The van der Waals surface area contributed by atoms with Crippen molar-refractivity contribution in [2.24, 2.45) is 23.7 Å². The molecule has 3 fully saturated rings. The molecule has 0 spiro atoms. The minimum absolute atomic E-state index is 0.228. The van der Waals surface area contributed by atoms with Crippen molar-refractivity contribution in [3.63, 3.8) is 0 Å². The lowest BCUT2D eigenvalue weighted by molar-refractivity contribution is -0.139. The molecule has 0 N–H and O–H groups in total. The number of carbonyl (C=O) groups is 1. The largest absolute Gasteiger partial charge is 0.340 e. The third kappa shape index (κ3) is 4.41. The molecule has 5 heteroatoms. The van der Waals surface area contributed by atoms with Crippen molar-refractivity contribution in [1.82, 2.24) is 19.7 Å². The predicted octanol–water partition coefficient (Wildman–Crippen LogP) is 2.65. The molecule has 5 rings (SSSR count). The summed E-state index contributed by atoms with van der Waals surface area (Å²) < 4.78 is 0. The van der Waals surface area contributed by atoms with E-state index in [4.69, 9.17) is 0 Å².